The van der Waals surface area contributed by atoms with Crippen molar-refractivity contribution in [3.05, 3.63) is 58.2 Å². The zero-order valence-corrected chi connectivity index (χ0v) is 18.5. The van der Waals surface area contributed by atoms with Crippen molar-refractivity contribution in [1.29, 1.82) is 0 Å². The molecule has 32 heavy (non-hydrogen) atoms. The Hall–Kier alpha value is -2.98. The number of hydrogen-bond donors (Lipinski definition) is 3. The summed E-state index contributed by atoms with van der Waals surface area (Å²) >= 11 is 5.93. The highest BCUT2D eigenvalue weighted by atomic mass is 35.5. The molecule has 2 heterocycles. The lowest BCUT2D eigenvalue weighted by Crippen LogP contribution is -2.33. The van der Waals surface area contributed by atoms with E-state index in [2.05, 4.69) is 15.6 Å². The number of aromatic nitrogens is 3. The number of aliphatic hydroxyl groups is 1. The number of ether oxygens (including phenoxy) is 1. The Bertz CT molecular complexity index is 1050. The first kappa shape index (κ1) is 23.7. The fourth-order valence-electron chi connectivity index (χ4n) is 3.31. The highest BCUT2D eigenvalue weighted by molar-refractivity contribution is 6.30. The monoisotopic (exact) mass is 468 g/mol. The van der Waals surface area contributed by atoms with E-state index in [-0.39, 0.29) is 50.0 Å². The number of nitrogens with one attached hydrogen (secondary N) is 2. The van der Waals surface area contributed by atoms with E-state index in [9.17, 15) is 13.6 Å². The van der Waals surface area contributed by atoms with Crippen LogP contribution in [0.25, 0.3) is 0 Å². The van der Waals surface area contributed by atoms with Gasteiger partial charge in [-0.25, -0.2) is 13.3 Å². The molecule has 3 rings (SSSR count). The van der Waals surface area contributed by atoms with Crippen LogP contribution in [0.1, 0.15) is 35.4 Å². The molecular weight excluding hydrogens is 444 g/mol. The van der Waals surface area contributed by atoms with Gasteiger partial charge in [0.15, 0.2) is 5.83 Å². The molecule has 2 aromatic heterocycles. The highest BCUT2D eigenvalue weighted by Gasteiger charge is 2.34. The second kappa shape index (κ2) is 10.6. The van der Waals surface area contributed by atoms with Crippen LogP contribution < -0.4 is 19.9 Å². The van der Waals surface area contributed by atoms with E-state index in [0.29, 0.717) is 23.0 Å². The Kier molecular flexibility index (Phi) is 7.81. The van der Waals surface area contributed by atoms with Gasteiger partial charge in [-0.15, -0.1) is 0 Å². The van der Waals surface area contributed by atoms with E-state index in [4.69, 9.17) is 21.4 Å². The Morgan fingerprint density at radius 1 is 1.38 bits per heavy atom. The predicted octanol–water partition coefficient (Wildman–Crippen LogP) is 2.77. The standard InChI is InChI=1S/C21H24ClF2N5O3/c1-25-19-18(20(31)26-8-3-9-30)29(12-14-5-4-13(22)11-27-14)21(28(19)2)32-15-6-7-16(23)17(24)10-15/h4-5,10-11,30H,3,6-9,12H2,1-2H3,(H-,25,26,31)/p+1. The molecule has 0 aliphatic heterocycles. The maximum atomic E-state index is 13.8. The van der Waals surface area contributed by atoms with Crippen molar-refractivity contribution in [3.8, 4) is 6.01 Å². The Balaban J connectivity index is 2.06. The molecule has 0 fully saturated rings. The van der Waals surface area contributed by atoms with Crippen molar-refractivity contribution in [3.63, 3.8) is 0 Å². The van der Waals surface area contributed by atoms with Crippen molar-refractivity contribution in [2.24, 2.45) is 7.05 Å². The number of rotatable bonds is 9. The molecule has 3 N–H and O–H groups in total. The first-order valence-corrected chi connectivity index (χ1v) is 10.5. The predicted molar refractivity (Wildman–Crippen MR) is 115 cm³/mol. The van der Waals surface area contributed by atoms with E-state index in [1.165, 1.54) is 6.20 Å². The number of carbonyl (C=O) groups is 1. The lowest BCUT2D eigenvalue weighted by Gasteiger charge is -2.13. The van der Waals surface area contributed by atoms with Gasteiger partial charge in [0, 0.05) is 38.3 Å². The summed E-state index contributed by atoms with van der Waals surface area (Å²) in [6.07, 6.45) is 2.98. The van der Waals surface area contributed by atoms with E-state index < -0.39 is 17.6 Å². The van der Waals surface area contributed by atoms with Gasteiger partial charge in [-0.05, 0) is 18.6 Å². The number of imidazole rings is 1. The summed E-state index contributed by atoms with van der Waals surface area (Å²) in [5.74, 6) is -1.49. The van der Waals surface area contributed by atoms with Gasteiger partial charge in [0.1, 0.15) is 18.1 Å². The van der Waals surface area contributed by atoms with Crippen LogP contribution in [-0.2, 0) is 13.6 Å². The molecule has 0 radical (unpaired) electrons. The molecule has 0 saturated carbocycles. The topological polar surface area (TPSA) is 92.3 Å². The van der Waals surface area contributed by atoms with Gasteiger partial charge in [0.2, 0.25) is 5.69 Å². The number of pyridine rings is 1. The van der Waals surface area contributed by atoms with Gasteiger partial charge < -0.3 is 20.5 Å². The zero-order valence-electron chi connectivity index (χ0n) is 17.8. The molecule has 0 saturated heterocycles. The molecule has 0 spiro atoms. The fraction of sp³-hybridized carbons (Fsp3) is 0.381. The van der Waals surface area contributed by atoms with Gasteiger partial charge in [0.25, 0.3) is 11.7 Å². The summed E-state index contributed by atoms with van der Waals surface area (Å²) in [6, 6.07) is 3.64. The summed E-state index contributed by atoms with van der Waals surface area (Å²) < 4.78 is 36.4. The van der Waals surface area contributed by atoms with Crippen molar-refractivity contribution in [2.45, 2.75) is 25.8 Å². The molecule has 1 aliphatic carbocycles. The molecule has 0 aromatic carbocycles. The Morgan fingerprint density at radius 3 is 2.78 bits per heavy atom. The van der Waals surface area contributed by atoms with Crippen LogP contribution in [0, 0.1) is 0 Å². The number of aliphatic hydroxyl groups excluding tert-OH is 1. The minimum atomic E-state index is -0.970. The highest BCUT2D eigenvalue weighted by Crippen LogP contribution is 2.29. The third kappa shape index (κ3) is 5.25. The number of halogens is 3. The molecule has 2 aromatic rings. The van der Waals surface area contributed by atoms with Crippen LogP contribution in [0.15, 0.2) is 41.8 Å². The smallest absolute Gasteiger partial charge is 0.405 e. The number of hydrogen-bond acceptors (Lipinski definition) is 5. The number of anilines is 1. The van der Waals surface area contributed by atoms with Crippen molar-refractivity contribution in [1.82, 2.24) is 14.9 Å². The minimum Gasteiger partial charge on any atom is -0.408 e. The van der Waals surface area contributed by atoms with E-state index in [0.717, 1.165) is 6.08 Å². The first-order valence-electron chi connectivity index (χ1n) is 10.1. The van der Waals surface area contributed by atoms with Crippen LogP contribution in [0.2, 0.25) is 5.02 Å². The van der Waals surface area contributed by atoms with Crippen molar-refractivity contribution in [2.75, 3.05) is 25.5 Å². The average molecular weight is 469 g/mol. The molecule has 0 atom stereocenters. The number of carbonyl (C=O) groups excluding carboxylic acids is 1. The molecule has 172 valence electrons. The lowest BCUT2D eigenvalue weighted by atomic mass is 10.1. The first-order chi connectivity index (χ1) is 15.3. The van der Waals surface area contributed by atoms with Crippen molar-refractivity contribution >= 4 is 23.3 Å². The van der Waals surface area contributed by atoms with Crippen LogP contribution in [-0.4, -0.2) is 40.8 Å². The van der Waals surface area contributed by atoms with E-state index in [1.807, 2.05) is 0 Å². The van der Waals surface area contributed by atoms with Crippen LogP contribution in [0.5, 0.6) is 6.01 Å². The van der Waals surface area contributed by atoms with Gasteiger partial charge in [-0.3, -0.25) is 9.78 Å². The minimum absolute atomic E-state index is 0.0548. The second-order valence-electron chi connectivity index (χ2n) is 7.14. The normalized spacial score (nSPS) is 13.8. The average Bonchev–Trinajstić information content (AvgIpc) is 3.03. The number of nitrogens with zero attached hydrogens (tertiary/aromatic N) is 3. The SMILES string of the molecule is CNc1c(C(=O)NCCCO)n(Cc2ccc(Cl)cn2)c(OC2=CC(F)=C(F)CC2)[n+]1C. The van der Waals surface area contributed by atoms with E-state index >= 15 is 0 Å². The molecule has 0 bridgehead atoms. The van der Waals surface area contributed by atoms with Crippen LogP contribution >= 0.6 is 11.6 Å². The third-order valence-corrected chi connectivity index (χ3v) is 5.11. The molecule has 1 aliphatic rings. The van der Waals surface area contributed by atoms with Gasteiger partial charge in [-0.2, -0.15) is 4.57 Å². The summed E-state index contributed by atoms with van der Waals surface area (Å²) in [4.78, 5) is 17.3. The molecule has 11 heteroatoms. The number of amides is 1. The van der Waals surface area contributed by atoms with Gasteiger partial charge in [-0.1, -0.05) is 11.6 Å². The maximum absolute atomic E-state index is 13.8. The quantitative estimate of drug-likeness (QED) is 0.389. The van der Waals surface area contributed by atoms with Gasteiger partial charge in [0.05, 0.1) is 24.8 Å². The Morgan fingerprint density at radius 2 is 2.16 bits per heavy atom. The molecule has 0 unspecified atom stereocenters. The number of allylic oxidation sites excluding steroid dienone is 4. The Labute approximate surface area is 189 Å². The largest absolute Gasteiger partial charge is 0.408 e. The van der Waals surface area contributed by atoms with E-state index in [1.54, 1.807) is 35.4 Å². The zero-order chi connectivity index (χ0) is 23.3. The molecular formula is C21H25ClF2N5O3+. The molecule has 1 amide bonds. The third-order valence-electron chi connectivity index (χ3n) is 4.89. The second-order valence-corrected chi connectivity index (χ2v) is 7.58. The van der Waals surface area contributed by atoms with Crippen LogP contribution in [0.3, 0.4) is 0 Å². The summed E-state index contributed by atoms with van der Waals surface area (Å²) in [5.41, 5.74) is 0.870. The van der Waals surface area contributed by atoms with Crippen molar-refractivity contribution < 1.29 is 28.0 Å². The van der Waals surface area contributed by atoms with Gasteiger partial charge >= 0.3 is 6.01 Å². The summed E-state index contributed by atoms with van der Waals surface area (Å²) in [5, 5.41) is 15.2. The summed E-state index contributed by atoms with van der Waals surface area (Å²) in [7, 11) is 3.35. The maximum Gasteiger partial charge on any atom is 0.405 e. The van der Waals surface area contributed by atoms with Crippen LogP contribution in [0.4, 0.5) is 14.6 Å². The lowest BCUT2D eigenvalue weighted by molar-refractivity contribution is -0.662. The fourth-order valence-corrected chi connectivity index (χ4v) is 3.43. The molecule has 8 nitrogen and oxygen atoms in total. The summed E-state index contributed by atoms with van der Waals surface area (Å²) in [6.45, 7) is 0.384.